The van der Waals surface area contributed by atoms with Crippen molar-refractivity contribution in [3.63, 3.8) is 0 Å². The maximum Gasteiger partial charge on any atom is 0.416 e. The van der Waals surface area contributed by atoms with Gasteiger partial charge in [-0.05, 0) is 30.2 Å². The molecule has 0 aromatic heterocycles. The minimum atomic E-state index is -4.30. The fraction of sp³-hybridized carbons (Fsp3) is 0.385. The molecule has 94 valence electrons. The number of alkyl halides is 3. The molecular weight excluding hydrogens is 229 g/mol. The lowest BCUT2D eigenvalue weighted by Crippen LogP contribution is -2.04. The number of benzene rings is 1. The first kappa shape index (κ1) is 13.6. The van der Waals surface area contributed by atoms with Crippen LogP contribution in [-0.2, 0) is 10.9 Å². The van der Waals surface area contributed by atoms with Crippen LogP contribution in [0.3, 0.4) is 0 Å². The molecule has 0 unspecified atom stereocenters. The summed E-state index contributed by atoms with van der Waals surface area (Å²) in [6.07, 6.45) is 0.632. The molecule has 0 aliphatic rings. The molecule has 4 heteroatoms. The minimum absolute atomic E-state index is 0.483. The third-order valence-corrected chi connectivity index (χ3v) is 2.19. The van der Waals surface area contributed by atoms with Crippen LogP contribution in [0.2, 0.25) is 0 Å². The third-order valence-electron chi connectivity index (χ3n) is 2.19. The lowest BCUT2D eigenvalue weighted by Gasteiger charge is -2.06. The first-order chi connectivity index (χ1) is 8.04. The van der Waals surface area contributed by atoms with Gasteiger partial charge in [-0.25, -0.2) is 0 Å². The summed E-state index contributed by atoms with van der Waals surface area (Å²) in [5.74, 6) is 0. The van der Waals surface area contributed by atoms with Crippen LogP contribution in [0.1, 0.15) is 30.9 Å². The predicted molar refractivity (Wildman–Crippen MR) is 61.3 cm³/mol. The van der Waals surface area contributed by atoms with Crippen LogP contribution >= 0.6 is 0 Å². The molecule has 0 bridgehead atoms. The number of unbranched alkanes of at least 4 members (excludes halogenated alkanes) is 1. The Morgan fingerprint density at radius 1 is 1.29 bits per heavy atom. The van der Waals surface area contributed by atoms with Crippen LogP contribution in [0.4, 0.5) is 13.2 Å². The van der Waals surface area contributed by atoms with Gasteiger partial charge in [0.25, 0.3) is 0 Å². The summed E-state index contributed by atoms with van der Waals surface area (Å²) >= 11 is 0. The zero-order valence-electron chi connectivity index (χ0n) is 9.63. The van der Waals surface area contributed by atoms with Gasteiger partial charge in [-0.3, -0.25) is 0 Å². The summed E-state index contributed by atoms with van der Waals surface area (Å²) in [5.41, 5.74) is -0.162. The van der Waals surface area contributed by atoms with E-state index in [1.165, 1.54) is 18.4 Å². The van der Waals surface area contributed by atoms with Gasteiger partial charge in [0.1, 0.15) is 0 Å². The van der Waals surface area contributed by atoms with E-state index >= 15 is 0 Å². The second kappa shape index (κ2) is 6.33. The van der Waals surface area contributed by atoms with Gasteiger partial charge in [0, 0.05) is 0 Å². The lowest BCUT2D eigenvalue weighted by molar-refractivity contribution is -0.137. The predicted octanol–water partition coefficient (Wildman–Crippen LogP) is 4.49. The summed E-state index contributed by atoms with van der Waals surface area (Å²) in [6, 6.07) is 5.14. The van der Waals surface area contributed by atoms with Crippen LogP contribution in [0, 0.1) is 0 Å². The SMILES string of the molecule is CCCCOC=Cc1cccc(C(F)(F)F)c1. The number of hydrogen-bond donors (Lipinski definition) is 0. The van der Waals surface area contributed by atoms with Crippen LogP contribution in [0.15, 0.2) is 30.5 Å². The average molecular weight is 244 g/mol. The normalized spacial score (nSPS) is 12.0. The van der Waals surface area contributed by atoms with Gasteiger partial charge in [-0.2, -0.15) is 13.2 Å². The lowest BCUT2D eigenvalue weighted by atomic mass is 10.1. The molecule has 0 fully saturated rings. The molecule has 0 saturated heterocycles. The van der Waals surface area contributed by atoms with Gasteiger partial charge < -0.3 is 4.74 Å². The number of hydrogen-bond acceptors (Lipinski definition) is 1. The Bertz CT molecular complexity index is 369. The molecule has 0 N–H and O–H groups in total. The quantitative estimate of drug-likeness (QED) is 0.547. The molecule has 0 heterocycles. The molecule has 0 aliphatic carbocycles. The zero-order chi connectivity index (χ0) is 12.7. The van der Waals surface area contributed by atoms with E-state index in [-0.39, 0.29) is 0 Å². The first-order valence-corrected chi connectivity index (χ1v) is 5.49. The zero-order valence-corrected chi connectivity index (χ0v) is 9.63. The van der Waals surface area contributed by atoms with Crippen LogP contribution in [0.25, 0.3) is 6.08 Å². The average Bonchev–Trinajstić information content (AvgIpc) is 2.28. The Labute approximate surface area is 98.9 Å². The maximum absolute atomic E-state index is 12.4. The number of ether oxygens (including phenoxy) is 1. The summed E-state index contributed by atoms with van der Waals surface area (Å²) in [4.78, 5) is 0. The molecule has 1 nitrogen and oxygen atoms in total. The molecule has 0 spiro atoms. The largest absolute Gasteiger partial charge is 0.501 e. The van der Waals surface area contributed by atoms with E-state index in [2.05, 4.69) is 0 Å². The summed E-state index contributed by atoms with van der Waals surface area (Å²) in [6.45, 7) is 2.63. The Morgan fingerprint density at radius 3 is 2.71 bits per heavy atom. The smallest absolute Gasteiger partial charge is 0.416 e. The second-order valence-corrected chi connectivity index (χ2v) is 3.65. The molecular formula is C13H15F3O. The monoisotopic (exact) mass is 244 g/mol. The molecule has 1 aromatic carbocycles. The fourth-order valence-corrected chi connectivity index (χ4v) is 1.24. The van der Waals surface area contributed by atoms with E-state index in [9.17, 15) is 13.2 Å². The molecule has 0 aliphatic heterocycles. The van der Waals surface area contributed by atoms with Crippen molar-refractivity contribution in [3.8, 4) is 0 Å². The van der Waals surface area contributed by atoms with Gasteiger partial charge >= 0.3 is 6.18 Å². The summed E-state index contributed by atoms with van der Waals surface area (Å²) in [7, 11) is 0. The van der Waals surface area contributed by atoms with Gasteiger partial charge in [-0.1, -0.05) is 25.5 Å². The first-order valence-electron chi connectivity index (χ1n) is 5.49. The third kappa shape index (κ3) is 4.93. The molecule has 0 amide bonds. The number of rotatable bonds is 5. The Kier molecular flexibility index (Phi) is 5.07. The Balaban J connectivity index is 2.60. The topological polar surface area (TPSA) is 9.23 Å². The van der Waals surface area contributed by atoms with Crippen molar-refractivity contribution in [2.24, 2.45) is 0 Å². The van der Waals surface area contributed by atoms with Crippen LogP contribution < -0.4 is 0 Å². The number of halogens is 3. The van der Waals surface area contributed by atoms with E-state index in [1.54, 1.807) is 6.07 Å². The van der Waals surface area contributed by atoms with E-state index < -0.39 is 11.7 Å². The van der Waals surface area contributed by atoms with Crippen molar-refractivity contribution in [2.75, 3.05) is 6.61 Å². The van der Waals surface area contributed by atoms with Crippen LogP contribution in [0.5, 0.6) is 0 Å². The van der Waals surface area contributed by atoms with Crippen molar-refractivity contribution in [2.45, 2.75) is 25.9 Å². The molecule has 17 heavy (non-hydrogen) atoms. The highest BCUT2D eigenvalue weighted by Crippen LogP contribution is 2.29. The Hall–Kier alpha value is -1.45. The minimum Gasteiger partial charge on any atom is -0.501 e. The molecule has 0 atom stereocenters. The van der Waals surface area contributed by atoms with Crippen molar-refractivity contribution in [1.82, 2.24) is 0 Å². The molecule has 0 saturated carbocycles. The van der Waals surface area contributed by atoms with Gasteiger partial charge in [-0.15, -0.1) is 0 Å². The van der Waals surface area contributed by atoms with Crippen LogP contribution in [-0.4, -0.2) is 6.61 Å². The Morgan fingerprint density at radius 2 is 2.06 bits per heavy atom. The highest BCUT2D eigenvalue weighted by atomic mass is 19.4. The standard InChI is InChI=1S/C13H15F3O/c1-2-3-8-17-9-7-11-5-4-6-12(10-11)13(14,15)16/h4-7,9-10H,2-3,8H2,1H3. The molecule has 0 radical (unpaired) electrons. The van der Waals surface area contributed by atoms with Gasteiger partial charge in [0.15, 0.2) is 0 Å². The van der Waals surface area contributed by atoms with Crippen molar-refractivity contribution >= 4 is 6.08 Å². The highest BCUT2D eigenvalue weighted by Gasteiger charge is 2.30. The fourth-order valence-electron chi connectivity index (χ4n) is 1.24. The highest BCUT2D eigenvalue weighted by molar-refractivity contribution is 5.49. The van der Waals surface area contributed by atoms with E-state index in [4.69, 9.17) is 4.74 Å². The van der Waals surface area contributed by atoms with Crippen molar-refractivity contribution in [1.29, 1.82) is 0 Å². The van der Waals surface area contributed by atoms with E-state index in [0.29, 0.717) is 12.2 Å². The summed E-state index contributed by atoms with van der Waals surface area (Å²) in [5, 5.41) is 0. The molecule has 1 aromatic rings. The second-order valence-electron chi connectivity index (χ2n) is 3.65. The van der Waals surface area contributed by atoms with Crippen molar-refractivity contribution < 1.29 is 17.9 Å². The van der Waals surface area contributed by atoms with Gasteiger partial charge in [0.05, 0.1) is 18.4 Å². The van der Waals surface area contributed by atoms with E-state index in [1.807, 2.05) is 6.92 Å². The maximum atomic E-state index is 12.4. The van der Waals surface area contributed by atoms with Gasteiger partial charge in [0.2, 0.25) is 0 Å². The summed E-state index contributed by atoms with van der Waals surface area (Å²) < 4.78 is 42.3. The molecule has 1 rings (SSSR count). The van der Waals surface area contributed by atoms with E-state index in [0.717, 1.165) is 25.0 Å². The van der Waals surface area contributed by atoms with Crippen molar-refractivity contribution in [3.05, 3.63) is 41.7 Å².